The molecule has 1 unspecified atom stereocenters. The van der Waals surface area contributed by atoms with Gasteiger partial charge in [0.25, 0.3) is 0 Å². The van der Waals surface area contributed by atoms with Gasteiger partial charge in [-0.05, 0) is 18.9 Å². The smallest absolute Gasteiger partial charge is 0.110 e. The van der Waals surface area contributed by atoms with E-state index in [1.54, 1.807) is 0 Å². The molecule has 1 rings (SSSR count). The molecule has 0 aromatic carbocycles. The van der Waals surface area contributed by atoms with Gasteiger partial charge < -0.3 is 4.74 Å². The minimum absolute atomic E-state index is 0. The SMILES string of the molecule is CC(C)C1NCCCO1.Cl. The van der Waals surface area contributed by atoms with Gasteiger partial charge in [0, 0.05) is 6.61 Å². The van der Waals surface area contributed by atoms with Crippen LogP contribution in [0, 0.1) is 5.92 Å². The predicted octanol–water partition coefficient (Wildman–Crippen LogP) is 1.40. The van der Waals surface area contributed by atoms with Crippen LogP contribution in [0.1, 0.15) is 20.3 Å². The summed E-state index contributed by atoms with van der Waals surface area (Å²) in [5.41, 5.74) is 0. The van der Waals surface area contributed by atoms with E-state index in [0.29, 0.717) is 12.1 Å². The van der Waals surface area contributed by atoms with E-state index in [2.05, 4.69) is 19.2 Å². The molecule has 1 atom stereocenters. The Hall–Kier alpha value is 0.210. The first kappa shape index (κ1) is 10.2. The van der Waals surface area contributed by atoms with Crippen molar-refractivity contribution in [1.29, 1.82) is 0 Å². The van der Waals surface area contributed by atoms with Crippen molar-refractivity contribution in [1.82, 2.24) is 5.32 Å². The third-order valence-electron chi connectivity index (χ3n) is 1.57. The average Bonchev–Trinajstić information content (AvgIpc) is 1.90. The van der Waals surface area contributed by atoms with E-state index < -0.39 is 0 Å². The van der Waals surface area contributed by atoms with Gasteiger partial charge in [-0.1, -0.05) is 13.8 Å². The highest BCUT2D eigenvalue weighted by Crippen LogP contribution is 2.06. The summed E-state index contributed by atoms with van der Waals surface area (Å²) in [5, 5.41) is 3.30. The van der Waals surface area contributed by atoms with Crippen LogP contribution < -0.4 is 5.32 Å². The Morgan fingerprint density at radius 1 is 1.50 bits per heavy atom. The molecular weight excluding hydrogens is 150 g/mol. The lowest BCUT2D eigenvalue weighted by Gasteiger charge is -2.26. The number of hydrogen-bond donors (Lipinski definition) is 1. The maximum absolute atomic E-state index is 5.43. The molecule has 62 valence electrons. The van der Waals surface area contributed by atoms with E-state index >= 15 is 0 Å². The van der Waals surface area contributed by atoms with Crippen molar-refractivity contribution in [3.63, 3.8) is 0 Å². The topological polar surface area (TPSA) is 21.3 Å². The maximum Gasteiger partial charge on any atom is 0.110 e. The summed E-state index contributed by atoms with van der Waals surface area (Å²) in [6.07, 6.45) is 1.46. The summed E-state index contributed by atoms with van der Waals surface area (Å²) in [4.78, 5) is 0. The molecule has 0 amide bonds. The zero-order valence-corrected chi connectivity index (χ0v) is 7.41. The molecule has 3 heteroatoms. The summed E-state index contributed by atoms with van der Waals surface area (Å²) in [6.45, 7) is 6.38. The quantitative estimate of drug-likeness (QED) is 0.635. The van der Waals surface area contributed by atoms with Gasteiger partial charge in [0.1, 0.15) is 6.23 Å². The van der Waals surface area contributed by atoms with Crippen LogP contribution in [0.25, 0.3) is 0 Å². The van der Waals surface area contributed by atoms with E-state index in [1.807, 2.05) is 0 Å². The monoisotopic (exact) mass is 165 g/mol. The lowest BCUT2D eigenvalue weighted by atomic mass is 10.1. The highest BCUT2D eigenvalue weighted by atomic mass is 35.5. The normalized spacial score (nSPS) is 26.1. The van der Waals surface area contributed by atoms with E-state index in [-0.39, 0.29) is 12.4 Å². The van der Waals surface area contributed by atoms with E-state index in [0.717, 1.165) is 19.6 Å². The fraction of sp³-hybridized carbons (Fsp3) is 1.00. The molecule has 0 bridgehead atoms. The molecule has 0 aliphatic carbocycles. The summed E-state index contributed by atoms with van der Waals surface area (Å²) < 4.78 is 5.43. The van der Waals surface area contributed by atoms with E-state index in [1.165, 1.54) is 0 Å². The molecule has 0 radical (unpaired) electrons. The van der Waals surface area contributed by atoms with Crippen molar-refractivity contribution >= 4 is 12.4 Å². The van der Waals surface area contributed by atoms with Gasteiger partial charge in [-0.25, -0.2) is 0 Å². The summed E-state index contributed by atoms with van der Waals surface area (Å²) in [5.74, 6) is 0.602. The first-order valence-corrected chi connectivity index (χ1v) is 3.65. The average molecular weight is 166 g/mol. The van der Waals surface area contributed by atoms with Crippen LogP contribution in [-0.2, 0) is 4.74 Å². The Morgan fingerprint density at radius 2 is 2.20 bits per heavy atom. The molecule has 0 aromatic heterocycles. The Morgan fingerprint density at radius 3 is 2.50 bits per heavy atom. The van der Waals surface area contributed by atoms with Crippen molar-refractivity contribution in [2.24, 2.45) is 5.92 Å². The standard InChI is InChI=1S/C7H15NO.ClH/c1-6(2)7-8-4-3-5-9-7;/h6-8H,3-5H2,1-2H3;1H. The second-order valence-corrected chi connectivity index (χ2v) is 2.84. The second kappa shape index (κ2) is 4.94. The number of hydrogen-bond acceptors (Lipinski definition) is 2. The molecule has 1 N–H and O–H groups in total. The molecule has 10 heavy (non-hydrogen) atoms. The molecule has 1 heterocycles. The fourth-order valence-electron chi connectivity index (χ4n) is 1.01. The zero-order chi connectivity index (χ0) is 6.69. The summed E-state index contributed by atoms with van der Waals surface area (Å²) >= 11 is 0. The van der Waals surface area contributed by atoms with Crippen molar-refractivity contribution in [2.75, 3.05) is 13.2 Å². The first-order valence-electron chi connectivity index (χ1n) is 3.65. The van der Waals surface area contributed by atoms with Crippen LogP contribution in [-0.4, -0.2) is 19.4 Å². The Balaban J connectivity index is 0.000000810. The van der Waals surface area contributed by atoms with Crippen molar-refractivity contribution in [2.45, 2.75) is 26.5 Å². The Kier molecular flexibility index (Phi) is 5.04. The van der Waals surface area contributed by atoms with Crippen LogP contribution >= 0.6 is 12.4 Å². The number of ether oxygens (including phenoxy) is 1. The lowest BCUT2D eigenvalue weighted by Crippen LogP contribution is -2.41. The van der Waals surface area contributed by atoms with Gasteiger partial charge >= 0.3 is 0 Å². The Labute approximate surface area is 68.7 Å². The zero-order valence-electron chi connectivity index (χ0n) is 6.59. The number of halogens is 1. The molecule has 1 aliphatic rings. The molecule has 0 saturated carbocycles. The van der Waals surface area contributed by atoms with Gasteiger partial charge in [0.05, 0.1) is 0 Å². The largest absolute Gasteiger partial charge is 0.363 e. The van der Waals surface area contributed by atoms with Crippen molar-refractivity contribution < 1.29 is 4.74 Å². The van der Waals surface area contributed by atoms with Crippen LogP contribution in [0.5, 0.6) is 0 Å². The molecular formula is C7H16ClNO. The highest BCUT2D eigenvalue weighted by molar-refractivity contribution is 5.85. The highest BCUT2D eigenvalue weighted by Gasteiger charge is 2.15. The van der Waals surface area contributed by atoms with E-state index in [4.69, 9.17) is 4.74 Å². The van der Waals surface area contributed by atoms with Crippen LogP contribution in [0.3, 0.4) is 0 Å². The van der Waals surface area contributed by atoms with Gasteiger partial charge in [0.15, 0.2) is 0 Å². The molecule has 0 spiro atoms. The molecule has 2 nitrogen and oxygen atoms in total. The molecule has 1 saturated heterocycles. The lowest BCUT2D eigenvalue weighted by molar-refractivity contribution is -0.0266. The predicted molar refractivity (Wildman–Crippen MR) is 44.4 cm³/mol. The molecule has 1 fully saturated rings. The van der Waals surface area contributed by atoms with Crippen molar-refractivity contribution in [3.05, 3.63) is 0 Å². The minimum atomic E-state index is 0. The van der Waals surface area contributed by atoms with Crippen molar-refractivity contribution in [3.8, 4) is 0 Å². The summed E-state index contributed by atoms with van der Waals surface area (Å²) in [7, 11) is 0. The fourth-order valence-corrected chi connectivity index (χ4v) is 1.01. The maximum atomic E-state index is 5.43. The van der Waals surface area contributed by atoms with Gasteiger partial charge in [-0.3, -0.25) is 5.32 Å². The number of nitrogens with one attached hydrogen (secondary N) is 1. The molecule has 0 aromatic rings. The number of rotatable bonds is 1. The Bertz CT molecular complexity index is 81.7. The summed E-state index contributed by atoms with van der Waals surface area (Å²) in [6, 6.07) is 0. The van der Waals surface area contributed by atoms with Gasteiger partial charge in [-0.15, -0.1) is 12.4 Å². The second-order valence-electron chi connectivity index (χ2n) is 2.84. The third-order valence-corrected chi connectivity index (χ3v) is 1.57. The van der Waals surface area contributed by atoms with Crippen LogP contribution in [0.2, 0.25) is 0 Å². The molecule has 1 aliphatic heterocycles. The van der Waals surface area contributed by atoms with Crippen LogP contribution in [0.15, 0.2) is 0 Å². The van der Waals surface area contributed by atoms with Crippen LogP contribution in [0.4, 0.5) is 0 Å². The van der Waals surface area contributed by atoms with E-state index in [9.17, 15) is 0 Å². The van der Waals surface area contributed by atoms with Gasteiger partial charge in [0.2, 0.25) is 0 Å². The van der Waals surface area contributed by atoms with Gasteiger partial charge in [-0.2, -0.15) is 0 Å². The first-order chi connectivity index (χ1) is 4.30. The minimum Gasteiger partial charge on any atom is -0.363 e. The third kappa shape index (κ3) is 2.86.